The molecule has 0 spiro atoms. The van der Waals surface area contributed by atoms with Crippen molar-refractivity contribution in [2.75, 3.05) is 14.2 Å². The van der Waals surface area contributed by atoms with Crippen molar-refractivity contribution in [2.24, 2.45) is 11.8 Å². The summed E-state index contributed by atoms with van der Waals surface area (Å²) >= 11 is 3.49. The molecule has 122 valence electrons. The van der Waals surface area contributed by atoms with Crippen molar-refractivity contribution in [3.63, 3.8) is 0 Å². The Morgan fingerprint density at radius 1 is 1.30 bits per heavy atom. The Balaban J connectivity index is 2.00. The lowest BCUT2D eigenvalue weighted by molar-refractivity contribution is -0.142. The highest BCUT2D eigenvalue weighted by Crippen LogP contribution is 2.52. The monoisotopic (exact) mass is 380 g/mol. The molecule has 3 atom stereocenters. The lowest BCUT2D eigenvalue weighted by Gasteiger charge is -2.30. The zero-order valence-corrected chi connectivity index (χ0v) is 14.5. The van der Waals surface area contributed by atoms with Crippen molar-refractivity contribution >= 4 is 33.5 Å². The molecule has 0 N–H and O–H groups in total. The van der Waals surface area contributed by atoms with Gasteiger partial charge in [-0.3, -0.25) is 14.4 Å². The van der Waals surface area contributed by atoms with Crippen LogP contribution in [0.1, 0.15) is 41.1 Å². The van der Waals surface area contributed by atoms with E-state index in [0.29, 0.717) is 17.7 Å². The molecule has 1 aromatic carbocycles. The van der Waals surface area contributed by atoms with E-state index in [4.69, 9.17) is 9.47 Å². The highest BCUT2D eigenvalue weighted by molar-refractivity contribution is 9.10. The van der Waals surface area contributed by atoms with Crippen LogP contribution in [-0.2, 0) is 14.3 Å². The van der Waals surface area contributed by atoms with Crippen LogP contribution in [0.3, 0.4) is 0 Å². The summed E-state index contributed by atoms with van der Waals surface area (Å²) in [6.07, 6.45) is 1.07. The third-order valence-electron chi connectivity index (χ3n) is 4.78. The summed E-state index contributed by atoms with van der Waals surface area (Å²) in [4.78, 5) is 36.8. The molecule has 5 nitrogen and oxygen atoms in total. The molecule has 0 aliphatic heterocycles. The normalized spacial score (nSPS) is 25.8. The predicted molar refractivity (Wildman–Crippen MR) is 85.6 cm³/mol. The molecule has 1 saturated carbocycles. The Morgan fingerprint density at radius 2 is 2.04 bits per heavy atom. The van der Waals surface area contributed by atoms with Gasteiger partial charge in [-0.1, -0.05) is 15.9 Å². The molecular formula is C17H17BrO5. The zero-order chi connectivity index (χ0) is 16.7. The van der Waals surface area contributed by atoms with Crippen LogP contribution in [0.5, 0.6) is 5.75 Å². The number of hydrogen-bond acceptors (Lipinski definition) is 5. The number of hydrogen-bond donors (Lipinski definition) is 0. The maximum atomic E-state index is 12.7. The number of benzene rings is 1. The van der Waals surface area contributed by atoms with E-state index in [9.17, 15) is 14.4 Å². The molecular weight excluding hydrogens is 364 g/mol. The molecule has 0 bridgehead atoms. The summed E-state index contributed by atoms with van der Waals surface area (Å²) in [5.41, 5.74) is 1.34. The molecule has 0 radical (unpaired) electrons. The van der Waals surface area contributed by atoms with E-state index < -0.39 is 5.92 Å². The molecule has 6 heteroatoms. The maximum Gasteiger partial charge on any atom is 0.305 e. The number of ketones is 2. The third-order valence-corrected chi connectivity index (χ3v) is 5.47. The minimum Gasteiger partial charge on any atom is -0.496 e. The number of carbonyl (C=O) groups is 3. The van der Waals surface area contributed by atoms with Gasteiger partial charge in [-0.05, 0) is 30.0 Å². The van der Waals surface area contributed by atoms with Crippen LogP contribution in [0.25, 0.3) is 0 Å². The van der Waals surface area contributed by atoms with Crippen LogP contribution < -0.4 is 4.74 Å². The Bertz CT molecular complexity index is 696. The average molecular weight is 381 g/mol. The van der Waals surface area contributed by atoms with Crippen molar-refractivity contribution in [1.29, 1.82) is 0 Å². The summed E-state index contributed by atoms with van der Waals surface area (Å²) in [7, 11) is 2.85. The summed E-state index contributed by atoms with van der Waals surface area (Å²) in [5, 5.41) is 0. The van der Waals surface area contributed by atoms with Gasteiger partial charge in [-0.2, -0.15) is 0 Å². The van der Waals surface area contributed by atoms with E-state index in [1.807, 2.05) is 6.07 Å². The highest BCUT2D eigenvalue weighted by Gasteiger charge is 2.50. The first-order chi connectivity index (χ1) is 11.0. The number of Topliss-reactive ketones (excluding diaryl/α,β-unsaturated/α-hetero) is 2. The van der Waals surface area contributed by atoms with E-state index in [-0.39, 0.29) is 42.2 Å². The van der Waals surface area contributed by atoms with Gasteiger partial charge in [0.25, 0.3) is 0 Å². The van der Waals surface area contributed by atoms with E-state index in [2.05, 4.69) is 15.9 Å². The smallest absolute Gasteiger partial charge is 0.305 e. The van der Waals surface area contributed by atoms with Crippen LogP contribution in [0.15, 0.2) is 16.6 Å². The van der Waals surface area contributed by atoms with Gasteiger partial charge >= 0.3 is 5.97 Å². The third kappa shape index (κ3) is 2.59. The molecule has 1 aromatic rings. The van der Waals surface area contributed by atoms with Gasteiger partial charge < -0.3 is 9.47 Å². The van der Waals surface area contributed by atoms with Crippen LogP contribution in [0, 0.1) is 11.8 Å². The van der Waals surface area contributed by atoms with Crippen molar-refractivity contribution < 1.29 is 23.9 Å². The van der Waals surface area contributed by atoms with Gasteiger partial charge in [0.05, 0.1) is 25.7 Å². The topological polar surface area (TPSA) is 69.7 Å². The first kappa shape index (κ1) is 16.2. The summed E-state index contributed by atoms with van der Waals surface area (Å²) in [5.74, 6) is -1.01. The standard InChI is InChI=1S/C17H17BrO5/c1-22-12-4-3-10(18)14-9-5-8(7-13(20)23-2)6-11(19)15(9)17(21)16(12)14/h3-4,8-9,15H,5-7H2,1-2H3/t8-,9+,15+/m0/s1. The second-order valence-corrected chi connectivity index (χ2v) is 6.89. The molecule has 0 unspecified atom stereocenters. The summed E-state index contributed by atoms with van der Waals surface area (Å²) < 4.78 is 10.8. The first-order valence-electron chi connectivity index (χ1n) is 7.48. The number of carbonyl (C=O) groups excluding carboxylic acids is 3. The van der Waals surface area contributed by atoms with Gasteiger partial charge in [-0.15, -0.1) is 0 Å². The molecule has 3 rings (SSSR count). The van der Waals surface area contributed by atoms with Gasteiger partial charge in [0.15, 0.2) is 5.78 Å². The highest BCUT2D eigenvalue weighted by atomic mass is 79.9. The van der Waals surface area contributed by atoms with Crippen molar-refractivity contribution in [2.45, 2.75) is 25.2 Å². The summed E-state index contributed by atoms with van der Waals surface area (Å²) in [6.45, 7) is 0. The number of esters is 1. The van der Waals surface area contributed by atoms with Crippen LogP contribution >= 0.6 is 15.9 Å². The Hall–Kier alpha value is -1.69. The number of halogens is 1. The Kier molecular flexibility index (Phi) is 4.27. The van der Waals surface area contributed by atoms with Gasteiger partial charge in [0.1, 0.15) is 11.5 Å². The minimum atomic E-state index is -0.647. The number of methoxy groups -OCH3 is 2. The zero-order valence-electron chi connectivity index (χ0n) is 12.9. The van der Waals surface area contributed by atoms with Crippen LogP contribution in [0.4, 0.5) is 0 Å². The molecule has 0 saturated heterocycles. The molecule has 0 amide bonds. The maximum absolute atomic E-state index is 12.7. The minimum absolute atomic E-state index is 0.0898. The second kappa shape index (κ2) is 6.07. The van der Waals surface area contributed by atoms with E-state index >= 15 is 0 Å². The van der Waals surface area contributed by atoms with Gasteiger partial charge in [0.2, 0.25) is 0 Å². The number of rotatable bonds is 3. The fourth-order valence-electron chi connectivity index (χ4n) is 3.82. The molecule has 23 heavy (non-hydrogen) atoms. The van der Waals surface area contributed by atoms with E-state index in [1.54, 1.807) is 6.07 Å². The predicted octanol–water partition coefficient (Wildman–Crippen LogP) is 2.90. The number of fused-ring (bicyclic) bond motifs is 3. The fourth-order valence-corrected chi connectivity index (χ4v) is 4.44. The molecule has 2 aliphatic carbocycles. The number of ether oxygens (including phenoxy) is 2. The van der Waals surface area contributed by atoms with Crippen LogP contribution in [-0.4, -0.2) is 31.8 Å². The van der Waals surface area contributed by atoms with Gasteiger partial charge in [0, 0.05) is 23.2 Å². The van der Waals surface area contributed by atoms with E-state index in [1.165, 1.54) is 14.2 Å². The molecule has 1 fully saturated rings. The van der Waals surface area contributed by atoms with Crippen LogP contribution in [0.2, 0.25) is 0 Å². The van der Waals surface area contributed by atoms with Crippen molar-refractivity contribution in [3.05, 3.63) is 27.7 Å². The molecule has 0 heterocycles. The van der Waals surface area contributed by atoms with Gasteiger partial charge in [-0.25, -0.2) is 0 Å². The first-order valence-corrected chi connectivity index (χ1v) is 8.27. The largest absolute Gasteiger partial charge is 0.496 e. The average Bonchev–Trinajstić information content (AvgIpc) is 2.82. The summed E-state index contributed by atoms with van der Waals surface area (Å²) in [6, 6.07) is 3.57. The van der Waals surface area contributed by atoms with E-state index in [0.717, 1.165) is 10.0 Å². The molecule has 2 aliphatic rings. The lowest BCUT2D eigenvalue weighted by Crippen LogP contribution is -2.33. The second-order valence-electron chi connectivity index (χ2n) is 6.04. The fraction of sp³-hybridized carbons (Fsp3) is 0.471. The molecule has 0 aromatic heterocycles. The Morgan fingerprint density at radius 3 is 2.70 bits per heavy atom. The van der Waals surface area contributed by atoms with Crippen molar-refractivity contribution in [3.8, 4) is 5.75 Å². The van der Waals surface area contributed by atoms with Crippen molar-refractivity contribution in [1.82, 2.24) is 0 Å². The SMILES string of the molecule is COC(=O)C[C@@H]1CC(=O)[C@@H]2C(=O)c3c(OC)ccc(Br)c3[C@H]2C1. The Labute approximate surface area is 142 Å². The quantitative estimate of drug-likeness (QED) is 0.595. The lowest BCUT2D eigenvalue weighted by atomic mass is 9.72.